The molecule has 7 nitrogen and oxygen atoms in total. The van der Waals surface area contributed by atoms with Crippen molar-refractivity contribution in [2.75, 3.05) is 12.8 Å². The third-order valence-electron chi connectivity index (χ3n) is 5.02. The number of aromatic nitrogens is 4. The first-order valence-corrected chi connectivity index (χ1v) is 9.61. The third kappa shape index (κ3) is 3.50. The van der Waals surface area contributed by atoms with E-state index >= 15 is 0 Å². The van der Waals surface area contributed by atoms with Crippen molar-refractivity contribution < 1.29 is 4.74 Å². The minimum Gasteiger partial charge on any atom is -0.481 e. The standard InChI is InChI=1S/C23H24N6O/c1-23(2,3)29-13-28-18-6-5-15(10-19(18)29)21(24)17-9-16(12-27-22(17)25)14-7-8-26-20(11-14)30-4/h5-13,24H,1-4H3,(H2,25,27). The molecule has 0 aliphatic heterocycles. The lowest BCUT2D eigenvalue weighted by Crippen LogP contribution is -2.20. The Morgan fingerprint density at radius 3 is 2.57 bits per heavy atom. The molecule has 7 heteroatoms. The van der Waals surface area contributed by atoms with Crippen LogP contribution in [0.1, 0.15) is 31.9 Å². The summed E-state index contributed by atoms with van der Waals surface area (Å²) >= 11 is 0. The monoisotopic (exact) mass is 400 g/mol. The van der Waals surface area contributed by atoms with E-state index in [0.717, 1.165) is 27.7 Å². The SMILES string of the molecule is COc1cc(-c2cnc(N)c(C(=N)c3ccc4ncn(C(C)(C)C)c4c3)c2)ccn1. The van der Waals surface area contributed by atoms with E-state index in [-0.39, 0.29) is 5.54 Å². The van der Waals surface area contributed by atoms with Crippen molar-refractivity contribution in [2.24, 2.45) is 0 Å². The van der Waals surface area contributed by atoms with E-state index < -0.39 is 0 Å². The summed E-state index contributed by atoms with van der Waals surface area (Å²) < 4.78 is 7.32. The normalized spacial score (nSPS) is 11.6. The van der Waals surface area contributed by atoms with E-state index in [1.807, 2.05) is 42.7 Å². The van der Waals surface area contributed by atoms with Crippen LogP contribution in [0.3, 0.4) is 0 Å². The molecule has 3 heterocycles. The number of nitrogen functional groups attached to an aromatic ring is 1. The Balaban J connectivity index is 1.78. The van der Waals surface area contributed by atoms with Crippen molar-refractivity contribution in [1.29, 1.82) is 5.41 Å². The highest BCUT2D eigenvalue weighted by atomic mass is 16.5. The van der Waals surface area contributed by atoms with Gasteiger partial charge in [-0.05, 0) is 50.6 Å². The van der Waals surface area contributed by atoms with E-state index in [4.69, 9.17) is 15.9 Å². The number of nitrogens with zero attached hydrogens (tertiary/aromatic N) is 4. The largest absolute Gasteiger partial charge is 0.481 e. The highest BCUT2D eigenvalue weighted by Crippen LogP contribution is 2.27. The molecule has 30 heavy (non-hydrogen) atoms. The Morgan fingerprint density at radius 2 is 1.83 bits per heavy atom. The van der Waals surface area contributed by atoms with Crippen LogP contribution in [0.4, 0.5) is 5.82 Å². The maximum absolute atomic E-state index is 8.82. The number of anilines is 1. The van der Waals surface area contributed by atoms with Crippen LogP contribution in [0.2, 0.25) is 0 Å². The molecule has 0 atom stereocenters. The summed E-state index contributed by atoms with van der Waals surface area (Å²) in [6, 6.07) is 11.4. The highest BCUT2D eigenvalue weighted by molar-refractivity contribution is 6.14. The van der Waals surface area contributed by atoms with Gasteiger partial charge in [0, 0.05) is 40.7 Å². The molecular weight excluding hydrogens is 376 g/mol. The van der Waals surface area contributed by atoms with Gasteiger partial charge in [0.05, 0.1) is 30.2 Å². The quantitative estimate of drug-likeness (QED) is 0.498. The van der Waals surface area contributed by atoms with Gasteiger partial charge in [-0.1, -0.05) is 6.07 Å². The zero-order valence-corrected chi connectivity index (χ0v) is 17.5. The minimum atomic E-state index is -0.115. The molecule has 1 aromatic carbocycles. The van der Waals surface area contributed by atoms with Gasteiger partial charge in [-0.3, -0.25) is 5.41 Å². The zero-order valence-electron chi connectivity index (χ0n) is 17.5. The van der Waals surface area contributed by atoms with E-state index in [2.05, 4.69) is 40.3 Å². The van der Waals surface area contributed by atoms with E-state index in [1.165, 1.54) is 0 Å². The van der Waals surface area contributed by atoms with Crippen LogP contribution in [-0.2, 0) is 5.54 Å². The molecule has 0 fully saturated rings. The summed E-state index contributed by atoms with van der Waals surface area (Å²) in [6.45, 7) is 6.38. The number of imidazole rings is 1. The number of hydrogen-bond donors (Lipinski definition) is 2. The molecule has 152 valence electrons. The molecule has 0 saturated carbocycles. The molecule has 0 saturated heterocycles. The maximum Gasteiger partial charge on any atom is 0.213 e. The Kier molecular flexibility index (Phi) is 4.73. The lowest BCUT2D eigenvalue weighted by atomic mass is 9.99. The highest BCUT2D eigenvalue weighted by Gasteiger charge is 2.18. The zero-order chi connectivity index (χ0) is 21.5. The van der Waals surface area contributed by atoms with Crippen LogP contribution in [0.15, 0.2) is 55.1 Å². The van der Waals surface area contributed by atoms with Crippen LogP contribution in [0, 0.1) is 5.41 Å². The fourth-order valence-corrected chi connectivity index (χ4v) is 3.39. The molecule has 0 aliphatic rings. The van der Waals surface area contributed by atoms with Crippen molar-refractivity contribution in [3.8, 4) is 17.0 Å². The average molecular weight is 400 g/mol. The molecule has 0 aliphatic carbocycles. The number of methoxy groups -OCH3 is 1. The second kappa shape index (κ2) is 7.26. The van der Waals surface area contributed by atoms with Crippen molar-refractivity contribution in [3.05, 3.63) is 66.2 Å². The molecule has 3 aromatic heterocycles. The topological polar surface area (TPSA) is 103 Å². The predicted molar refractivity (Wildman–Crippen MR) is 119 cm³/mol. The fraction of sp³-hybridized carbons (Fsp3) is 0.217. The van der Waals surface area contributed by atoms with Crippen molar-refractivity contribution in [3.63, 3.8) is 0 Å². The lowest BCUT2D eigenvalue weighted by molar-refractivity contribution is 0.398. The summed E-state index contributed by atoms with van der Waals surface area (Å²) in [6.07, 6.45) is 5.21. The second-order valence-corrected chi connectivity index (χ2v) is 8.11. The average Bonchev–Trinajstić information content (AvgIpc) is 3.17. The van der Waals surface area contributed by atoms with Gasteiger partial charge in [-0.25, -0.2) is 15.0 Å². The molecule has 4 rings (SSSR count). The summed E-state index contributed by atoms with van der Waals surface area (Å²) in [5.74, 6) is 0.830. The van der Waals surface area contributed by atoms with Crippen molar-refractivity contribution in [2.45, 2.75) is 26.3 Å². The van der Waals surface area contributed by atoms with Crippen LogP contribution >= 0.6 is 0 Å². The van der Waals surface area contributed by atoms with E-state index in [0.29, 0.717) is 23.0 Å². The smallest absolute Gasteiger partial charge is 0.213 e. The summed E-state index contributed by atoms with van der Waals surface area (Å²) in [5, 5.41) is 8.82. The second-order valence-electron chi connectivity index (χ2n) is 8.11. The summed E-state index contributed by atoms with van der Waals surface area (Å²) in [4.78, 5) is 12.9. The Bertz CT molecular complexity index is 1250. The molecule has 0 spiro atoms. The molecule has 0 radical (unpaired) electrons. The Morgan fingerprint density at radius 1 is 1.03 bits per heavy atom. The number of nitrogens with two attached hydrogens (primary N) is 1. The van der Waals surface area contributed by atoms with E-state index in [9.17, 15) is 0 Å². The van der Waals surface area contributed by atoms with Gasteiger partial charge in [0.1, 0.15) is 5.82 Å². The van der Waals surface area contributed by atoms with E-state index in [1.54, 1.807) is 19.5 Å². The molecule has 3 N–H and O–H groups in total. The molecular formula is C23H24N6O. The summed E-state index contributed by atoms with van der Waals surface area (Å²) in [5.41, 5.74) is 11.3. The summed E-state index contributed by atoms with van der Waals surface area (Å²) in [7, 11) is 1.58. The molecule has 0 amide bonds. The number of pyridine rings is 2. The maximum atomic E-state index is 8.82. The number of benzene rings is 1. The third-order valence-corrected chi connectivity index (χ3v) is 5.02. The fourth-order valence-electron chi connectivity index (χ4n) is 3.39. The van der Waals surface area contributed by atoms with Gasteiger partial charge in [0.25, 0.3) is 0 Å². The van der Waals surface area contributed by atoms with Gasteiger partial charge in [-0.15, -0.1) is 0 Å². The van der Waals surface area contributed by atoms with Gasteiger partial charge >= 0.3 is 0 Å². The van der Waals surface area contributed by atoms with Crippen LogP contribution in [0.5, 0.6) is 5.88 Å². The molecule has 0 bridgehead atoms. The number of fused-ring (bicyclic) bond motifs is 1. The Labute approximate surface area is 175 Å². The molecule has 4 aromatic rings. The first-order chi connectivity index (χ1) is 14.3. The van der Waals surface area contributed by atoms with Crippen LogP contribution in [-0.4, -0.2) is 32.3 Å². The van der Waals surface area contributed by atoms with Crippen molar-refractivity contribution >= 4 is 22.6 Å². The van der Waals surface area contributed by atoms with Crippen LogP contribution in [0.25, 0.3) is 22.2 Å². The van der Waals surface area contributed by atoms with Gasteiger partial charge < -0.3 is 15.0 Å². The lowest BCUT2D eigenvalue weighted by Gasteiger charge is -2.22. The molecule has 0 unspecified atom stereocenters. The Hall–Kier alpha value is -3.74. The first kappa shape index (κ1) is 19.6. The van der Waals surface area contributed by atoms with Gasteiger partial charge in [-0.2, -0.15) is 0 Å². The number of rotatable bonds is 4. The number of ether oxygens (including phenoxy) is 1. The minimum absolute atomic E-state index is 0.115. The predicted octanol–water partition coefficient (Wildman–Crippen LogP) is 4.26. The number of hydrogen-bond acceptors (Lipinski definition) is 6. The van der Waals surface area contributed by atoms with Gasteiger partial charge in [0.2, 0.25) is 5.88 Å². The first-order valence-electron chi connectivity index (χ1n) is 9.61. The van der Waals surface area contributed by atoms with Gasteiger partial charge in [0.15, 0.2) is 0 Å². The number of nitrogens with one attached hydrogen (secondary N) is 1. The van der Waals surface area contributed by atoms with Crippen molar-refractivity contribution in [1.82, 2.24) is 19.5 Å². The van der Waals surface area contributed by atoms with Crippen LogP contribution < -0.4 is 10.5 Å².